The molecule has 0 aromatic heterocycles. The van der Waals surface area contributed by atoms with Crippen molar-refractivity contribution in [1.29, 1.82) is 0 Å². The molecule has 1 aromatic rings. The highest BCUT2D eigenvalue weighted by Gasteiger charge is 2.40. The minimum Gasteiger partial charge on any atom is -0.374 e. The number of ether oxygens (including phenoxy) is 1. The molecule has 2 nitrogen and oxygen atoms in total. The van der Waals surface area contributed by atoms with Crippen molar-refractivity contribution in [1.82, 2.24) is 0 Å². The highest BCUT2D eigenvalue weighted by Crippen LogP contribution is 2.38. The minimum absolute atomic E-state index is 0.0547. The molecule has 0 aliphatic heterocycles. The highest BCUT2D eigenvalue weighted by atomic mass is 35.5. The third-order valence-electron chi connectivity index (χ3n) is 4.68. The summed E-state index contributed by atoms with van der Waals surface area (Å²) in [5.74, 6) is 0.764. The van der Waals surface area contributed by atoms with Gasteiger partial charge in [-0.25, -0.2) is 0 Å². The molecule has 1 aliphatic carbocycles. The van der Waals surface area contributed by atoms with Crippen LogP contribution in [-0.4, -0.2) is 18.2 Å². The van der Waals surface area contributed by atoms with Crippen LogP contribution in [0.5, 0.6) is 0 Å². The van der Waals surface area contributed by atoms with E-state index >= 15 is 0 Å². The predicted molar refractivity (Wildman–Crippen MR) is 90.1 cm³/mol. The second-order valence-electron chi connectivity index (χ2n) is 6.23. The van der Waals surface area contributed by atoms with Crippen molar-refractivity contribution in [2.24, 2.45) is 11.7 Å². The first-order chi connectivity index (χ1) is 9.97. The molecule has 1 atom stereocenters. The molecule has 1 aliphatic rings. The lowest BCUT2D eigenvalue weighted by molar-refractivity contribution is -0.0883. The third-order valence-corrected chi connectivity index (χ3v) is 5.28. The van der Waals surface area contributed by atoms with E-state index in [1.165, 1.54) is 12.8 Å². The molecule has 1 fully saturated rings. The first kappa shape index (κ1) is 17.1. The quantitative estimate of drug-likeness (QED) is 0.838. The van der Waals surface area contributed by atoms with E-state index in [1.54, 1.807) is 6.07 Å². The SMILES string of the molecule is CCOC1(C(N)Cc2cc(Cl)ccc2Cl)CCC(C)CC1. The van der Waals surface area contributed by atoms with E-state index in [1.807, 2.05) is 19.1 Å². The van der Waals surface area contributed by atoms with Crippen molar-refractivity contribution >= 4 is 23.2 Å². The smallest absolute Gasteiger partial charge is 0.0835 e. The van der Waals surface area contributed by atoms with Crippen LogP contribution in [-0.2, 0) is 11.2 Å². The number of hydrogen-bond donors (Lipinski definition) is 1. The van der Waals surface area contributed by atoms with Crippen molar-refractivity contribution in [2.75, 3.05) is 6.61 Å². The van der Waals surface area contributed by atoms with Crippen LogP contribution < -0.4 is 5.73 Å². The molecule has 1 saturated carbocycles. The molecule has 0 bridgehead atoms. The minimum atomic E-state index is -0.215. The summed E-state index contributed by atoms with van der Waals surface area (Å²) < 4.78 is 6.12. The summed E-state index contributed by atoms with van der Waals surface area (Å²) in [5, 5.41) is 1.43. The van der Waals surface area contributed by atoms with E-state index in [4.69, 9.17) is 33.7 Å². The van der Waals surface area contributed by atoms with Crippen molar-refractivity contribution in [3.8, 4) is 0 Å². The molecule has 118 valence electrons. The molecular weight excluding hydrogens is 305 g/mol. The first-order valence-electron chi connectivity index (χ1n) is 7.80. The number of halogens is 2. The van der Waals surface area contributed by atoms with Crippen LogP contribution in [0.1, 0.15) is 45.1 Å². The van der Waals surface area contributed by atoms with Gasteiger partial charge in [-0.2, -0.15) is 0 Å². The molecule has 2 N–H and O–H groups in total. The first-order valence-corrected chi connectivity index (χ1v) is 8.56. The molecule has 1 aromatic carbocycles. The van der Waals surface area contributed by atoms with Gasteiger partial charge in [-0.15, -0.1) is 0 Å². The predicted octanol–water partition coefficient (Wildman–Crippen LogP) is 4.85. The Morgan fingerprint density at radius 3 is 2.62 bits per heavy atom. The fourth-order valence-corrected chi connectivity index (χ4v) is 3.67. The zero-order valence-corrected chi connectivity index (χ0v) is 14.4. The Balaban J connectivity index is 2.15. The van der Waals surface area contributed by atoms with Gasteiger partial charge in [-0.05, 0) is 68.7 Å². The lowest BCUT2D eigenvalue weighted by Crippen LogP contribution is -2.53. The van der Waals surface area contributed by atoms with E-state index in [2.05, 4.69) is 6.92 Å². The lowest BCUT2D eigenvalue weighted by atomic mass is 9.74. The van der Waals surface area contributed by atoms with Crippen molar-refractivity contribution in [2.45, 2.75) is 57.6 Å². The standard InChI is InChI=1S/C17H25Cl2NO/c1-3-21-17(8-6-12(2)7-9-17)16(20)11-13-10-14(18)4-5-15(13)19/h4-5,10,12,16H,3,6-9,11,20H2,1-2H3. The highest BCUT2D eigenvalue weighted by molar-refractivity contribution is 6.33. The van der Waals surface area contributed by atoms with Crippen LogP contribution in [0.2, 0.25) is 10.0 Å². The average molecular weight is 330 g/mol. The van der Waals surface area contributed by atoms with Crippen LogP contribution in [0.25, 0.3) is 0 Å². The van der Waals surface area contributed by atoms with Crippen LogP contribution >= 0.6 is 23.2 Å². The van der Waals surface area contributed by atoms with Crippen molar-refractivity contribution < 1.29 is 4.74 Å². The van der Waals surface area contributed by atoms with Crippen molar-refractivity contribution in [3.05, 3.63) is 33.8 Å². The average Bonchev–Trinajstić information content (AvgIpc) is 2.46. The summed E-state index contributed by atoms with van der Waals surface area (Å²) in [6.45, 7) is 5.04. The fourth-order valence-electron chi connectivity index (χ4n) is 3.28. The molecule has 4 heteroatoms. The molecule has 0 saturated heterocycles. The summed E-state index contributed by atoms with van der Waals surface area (Å²) >= 11 is 12.3. The van der Waals surface area contributed by atoms with Gasteiger partial charge in [0.15, 0.2) is 0 Å². The fraction of sp³-hybridized carbons (Fsp3) is 0.647. The zero-order chi connectivity index (χ0) is 15.5. The molecule has 21 heavy (non-hydrogen) atoms. The monoisotopic (exact) mass is 329 g/mol. The summed E-state index contributed by atoms with van der Waals surface area (Å²) in [5.41, 5.74) is 7.33. The van der Waals surface area contributed by atoms with Crippen LogP contribution in [0.4, 0.5) is 0 Å². The van der Waals surface area contributed by atoms with Gasteiger partial charge >= 0.3 is 0 Å². The number of nitrogens with two attached hydrogens (primary N) is 1. The van der Waals surface area contributed by atoms with E-state index in [-0.39, 0.29) is 11.6 Å². The topological polar surface area (TPSA) is 35.2 Å². The summed E-state index contributed by atoms with van der Waals surface area (Å²) in [6, 6.07) is 5.50. The van der Waals surface area contributed by atoms with Gasteiger partial charge < -0.3 is 10.5 Å². The largest absolute Gasteiger partial charge is 0.374 e. The van der Waals surface area contributed by atoms with Gasteiger partial charge in [0.05, 0.1) is 5.60 Å². The second kappa shape index (κ2) is 7.32. The van der Waals surface area contributed by atoms with E-state index in [0.717, 1.165) is 29.3 Å². The Kier molecular flexibility index (Phi) is 5.96. The Labute approximate surface area is 137 Å². The second-order valence-corrected chi connectivity index (χ2v) is 7.07. The normalized spacial score (nSPS) is 27.6. The van der Waals surface area contributed by atoms with Crippen LogP contribution in [0.15, 0.2) is 18.2 Å². The Hall–Kier alpha value is -0.280. The van der Waals surface area contributed by atoms with Gasteiger partial charge in [0.2, 0.25) is 0 Å². The number of benzene rings is 1. The molecular formula is C17H25Cl2NO. The Bertz CT molecular complexity index is 470. The van der Waals surface area contributed by atoms with Gasteiger partial charge in [-0.1, -0.05) is 30.1 Å². The maximum Gasteiger partial charge on any atom is 0.0835 e. The maximum absolute atomic E-state index is 6.54. The maximum atomic E-state index is 6.54. The van der Waals surface area contributed by atoms with Gasteiger partial charge in [0.25, 0.3) is 0 Å². The summed E-state index contributed by atoms with van der Waals surface area (Å²) in [7, 11) is 0. The molecule has 0 heterocycles. The van der Waals surface area contributed by atoms with Gasteiger partial charge in [0, 0.05) is 22.7 Å². The Morgan fingerprint density at radius 1 is 1.33 bits per heavy atom. The van der Waals surface area contributed by atoms with Crippen LogP contribution in [0.3, 0.4) is 0 Å². The third kappa shape index (κ3) is 4.13. The molecule has 0 amide bonds. The lowest BCUT2D eigenvalue weighted by Gasteiger charge is -2.43. The Morgan fingerprint density at radius 2 is 2.00 bits per heavy atom. The van der Waals surface area contributed by atoms with Gasteiger partial charge in [-0.3, -0.25) is 0 Å². The molecule has 1 unspecified atom stereocenters. The molecule has 0 radical (unpaired) electrons. The number of hydrogen-bond acceptors (Lipinski definition) is 2. The summed E-state index contributed by atoms with van der Waals surface area (Å²) in [4.78, 5) is 0. The van der Waals surface area contributed by atoms with E-state index in [0.29, 0.717) is 18.1 Å². The van der Waals surface area contributed by atoms with Crippen LogP contribution in [0, 0.1) is 5.92 Å². The van der Waals surface area contributed by atoms with Gasteiger partial charge in [0.1, 0.15) is 0 Å². The zero-order valence-electron chi connectivity index (χ0n) is 12.9. The molecule has 0 spiro atoms. The van der Waals surface area contributed by atoms with E-state index < -0.39 is 0 Å². The summed E-state index contributed by atoms with van der Waals surface area (Å²) in [6.07, 6.45) is 5.12. The number of rotatable bonds is 5. The van der Waals surface area contributed by atoms with Crippen molar-refractivity contribution in [3.63, 3.8) is 0 Å². The molecule has 2 rings (SSSR count). The van der Waals surface area contributed by atoms with E-state index in [9.17, 15) is 0 Å².